The number of hydrogen-bond acceptors (Lipinski definition) is 7. The van der Waals surface area contributed by atoms with E-state index >= 15 is 0 Å². The number of halogens is 1. The Bertz CT molecular complexity index is 763. The third kappa shape index (κ3) is 1.59. The van der Waals surface area contributed by atoms with Gasteiger partial charge in [0.1, 0.15) is 11.9 Å². The number of methoxy groups -OCH3 is 3. The van der Waals surface area contributed by atoms with E-state index in [0.717, 1.165) is 0 Å². The van der Waals surface area contributed by atoms with E-state index in [4.69, 9.17) is 25.8 Å². The van der Waals surface area contributed by atoms with Crippen molar-refractivity contribution in [3.63, 3.8) is 0 Å². The average molecular weight is 384 g/mol. The molecule has 0 aromatic rings. The van der Waals surface area contributed by atoms with Crippen molar-refractivity contribution in [2.24, 2.45) is 10.8 Å². The predicted octanol–water partition coefficient (Wildman–Crippen LogP) is 0.653. The molecular formula is C18H22ClNO6. The van der Waals surface area contributed by atoms with Crippen molar-refractivity contribution in [2.75, 3.05) is 27.9 Å². The first-order valence-corrected chi connectivity index (χ1v) is 9.03. The maximum Gasteiger partial charge on any atom is 0.201 e. The smallest absolute Gasteiger partial charge is 0.201 e. The zero-order valence-corrected chi connectivity index (χ0v) is 15.7. The molecule has 0 bridgehead atoms. The van der Waals surface area contributed by atoms with Gasteiger partial charge in [0.15, 0.2) is 11.5 Å². The molecule has 1 heterocycles. The van der Waals surface area contributed by atoms with Gasteiger partial charge in [0, 0.05) is 17.9 Å². The lowest BCUT2D eigenvalue weighted by Gasteiger charge is -2.51. The topological polar surface area (TPSA) is 94.1 Å². The molecule has 0 radical (unpaired) electrons. The minimum atomic E-state index is -1.35. The summed E-state index contributed by atoms with van der Waals surface area (Å²) in [7, 11) is 4.31. The highest BCUT2D eigenvalue weighted by atomic mass is 35.5. The summed E-state index contributed by atoms with van der Waals surface area (Å²) < 4.78 is 16.2. The van der Waals surface area contributed by atoms with Gasteiger partial charge < -0.3 is 24.6 Å². The molecule has 4 aliphatic rings. The summed E-state index contributed by atoms with van der Waals surface area (Å²) in [6.45, 7) is 0.574. The minimum absolute atomic E-state index is 0.0485. The lowest BCUT2D eigenvalue weighted by molar-refractivity contribution is -0.146. The number of rotatable bonds is 3. The van der Waals surface area contributed by atoms with E-state index in [-0.39, 0.29) is 29.5 Å². The number of aliphatic hydroxyl groups excluding tert-OH is 1. The molecular weight excluding hydrogens is 362 g/mol. The molecule has 8 heteroatoms. The number of nitrogens with one attached hydrogen (secondary N) is 1. The van der Waals surface area contributed by atoms with Crippen LogP contribution >= 0.6 is 11.6 Å². The first-order chi connectivity index (χ1) is 12.4. The highest BCUT2D eigenvalue weighted by Crippen LogP contribution is 2.72. The molecule has 142 valence electrons. The van der Waals surface area contributed by atoms with Gasteiger partial charge in [0.2, 0.25) is 11.5 Å². The predicted molar refractivity (Wildman–Crippen MR) is 91.2 cm³/mol. The molecule has 2 unspecified atom stereocenters. The maximum absolute atomic E-state index is 13.2. The van der Waals surface area contributed by atoms with Crippen LogP contribution in [0, 0.1) is 10.8 Å². The fourth-order valence-corrected chi connectivity index (χ4v) is 6.70. The number of alkyl halides is 1. The second kappa shape index (κ2) is 5.47. The Kier molecular flexibility index (Phi) is 3.75. The van der Waals surface area contributed by atoms with E-state index in [0.29, 0.717) is 25.1 Å². The minimum Gasteiger partial charge on any atom is -0.498 e. The third-order valence-corrected chi connectivity index (χ3v) is 7.40. The van der Waals surface area contributed by atoms with Crippen molar-refractivity contribution in [3.8, 4) is 0 Å². The monoisotopic (exact) mass is 383 g/mol. The van der Waals surface area contributed by atoms with Crippen molar-refractivity contribution in [1.29, 1.82) is 0 Å². The summed E-state index contributed by atoms with van der Waals surface area (Å²) in [5.74, 6) is 0.155. The summed E-state index contributed by atoms with van der Waals surface area (Å²) in [6.07, 6.45) is 1.01. The zero-order chi connectivity index (χ0) is 18.9. The number of carbonyl (C=O) groups is 2. The number of ether oxygens (including phenoxy) is 3. The first kappa shape index (κ1) is 17.8. The molecule has 0 amide bonds. The summed E-state index contributed by atoms with van der Waals surface area (Å²) in [4.78, 5) is 26.1. The van der Waals surface area contributed by atoms with Crippen molar-refractivity contribution in [1.82, 2.24) is 5.32 Å². The van der Waals surface area contributed by atoms with E-state index < -0.39 is 27.8 Å². The molecule has 4 rings (SSSR count). The average Bonchev–Trinajstić information content (AvgIpc) is 3.16. The highest BCUT2D eigenvalue weighted by Gasteiger charge is 2.82. The van der Waals surface area contributed by atoms with Crippen LogP contribution in [-0.4, -0.2) is 61.6 Å². The molecule has 1 spiro atoms. The van der Waals surface area contributed by atoms with Gasteiger partial charge in [0.05, 0.1) is 37.7 Å². The van der Waals surface area contributed by atoms with Gasteiger partial charge in [-0.3, -0.25) is 9.59 Å². The first-order valence-electron chi connectivity index (χ1n) is 8.59. The van der Waals surface area contributed by atoms with Gasteiger partial charge in [-0.05, 0) is 19.4 Å². The standard InChI is InChI=1S/C18H22ClNO6/c1-24-10-6-12(22)18(14(10)23)11(19)8-17-15(26-3)13(25-2)9(21)7-16(17,18)4-5-20-17/h6,11,14,20,23H,4-5,7-8H2,1-3H3/t11?,14-,16-,17-,18?/m1/s1. The van der Waals surface area contributed by atoms with Crippen LogP contribution in [0.5, 0.6) is 0 Å². The summed E-state index contributed by atoms with van der Waals surface area (Å²) in [6, 6.07) is 0. The second-order valence-corrected chi connectivity index (χ2v) is 7.92. The molecule has 1 saturated heterocycles. The van der Waals surface area contributed by atoms with Crippen LogP contribution < -0.4 is 5.32 Å². The molecule has 1 saturated carbocycles. The van der Waals surface area contributed by atoms with Crippen molar-refractivity contribution < 1.29 is 28.9 Å². The normalized spacial score (nSPS) is 44.3. The lowest BCUT2D eigenvalue weighted by atomic mass is 9.52. The van der Waals surface area contributed by atoms with Crippen molar-refractivity contribution in [2.45, 2.75) is 36.3 Å². The van der Waals surface area contributed by atoms with Gasteiger partial charge in [-0.25, -0.2) is 0 Å². The number of aliphatic hydroxyl groups is 1. The van der Waals surface area contributed by atoms with Crippen molar-refractivity contribution in [3.05, 3.63) is 23.4 Å². The van der Waals surface area contributed by atoms with E-state index in [1.54, 1.807) is 0 Å². The second-order valence-electron chi connectivity index (χ2n) is 7.39. The van der Waals surface area contributed by atoms with E-state index in [9.17, 15) is 14.7 Å². The SMILES string of the molecule is COC1=CC(=O)C2(C(Cl)C[C@]34NCC[C@]23CC(=O)C(OC)=C4OC)[C@@H]1O. The quantitative estimate of drug-likeness (QED) is 0.691. The largest absolute Gasteiger partial charge is 0.498 e. The van der Waals surface area contributed by atoms with Crippen LogP contribution in [0.4, 0.5) is 0 Å². The summed E-state index contributed by atoms with van der Waals surface area (Å²) >= 11 is 6.77. The summed E-state index contributed by atoms with van der Waals surface area (Å²) in [5, 5.41) is 13.8. The van der Waals surface area contributed by atoms with Crippen molar-refractivity contribution >= 4 is 23.2 Å². The Hall–Kier alpha value is -1.57. The molecule has 0 aromatic heterocycles. The fraction of sp³-hybridized carbons (Fsp3) is 0.667. The molecule has 7 nitrogen and oxygen atoms in total. The van der Waals surface area contributed by atoms with Gasteiger partial charge in [-0.2, -0.15) is 0 Å². The zero-order valence-electron chi connectivity index (χ0n) is 14.9. The fourth-order valence-electron chi connectivity index (χ4n) is 6.03. The lowest BCUT2D eigenvalue weighted by Crippen LogP contribution is -2.63. The van der Waals surface area contributed by atoms with Gasteiger partial charge in [0.25, 0.3) is 0 Å². The molecule has 26 heavy (non-hydrogen) atoms. The number of hydrogen-bond donors (Lipinski definition) is 2. The molecule has 2 fully saturated rings. The molecule has 5 atom stereocenters. The Labute approximate surface area is 156 Å². The van der Waals surface area contributed by atoms with E-state index in [1.165, 1.54) is 27.4 Å². The van der Waals surface area contributed by atoms with Crippen LogP contribution in [0.25, 0.3) is 0 Å². The van der Waals surface area contributed by atoms with Crippen LogP contribution in [0.2, 0.25) is 0 Å². The maximum atomic E-state index is 13.2. The number of ketones is 2. The molecule has 1 aliphatic heterocycles. The van der Waals surface area contributed by atoms with Gasteiger partial charge in [-0.1, -0.05) is 0 Å². The number of Topliss-reactive ketones (excluding diaryl/α,β-unsaturated/α-hetero) is 1. The number of carbonyl (C=O) groups excluding carboxylic acids is 2. The Morgan fingerprint density at radius 2 is 1.96 bits per heavy atom. The Morgan fingerprint density at radius 3 is 2.54 bits per heavy atom. The summed E-state index contributed by atoms with van der Waals surface area (Å²) in [5.41, 5.74) is -3.10. The van der Waals surface area contributed by atoms with Crippen LogP contribution in [0.3, 0.4) is 0 Å². The molecule has 0 aromatic carbocycles. The number of allylic oxidation sites excluding steroid dienone is 2. The van der Waals surface area contributed by atoms with Crippen LogP contribution in [-0.2, 0) is 23.8 Å². The molecule has 2 N–H and O–H groups in total. The van der Waals surface area contributed by atoms with Gasteiger partial charge >= 0.3 is 0 Å². The van der Waals surface area contributed by atoms with Gasteiger partial charge in [-0.15, -0.1) is 11.6 Å². The third-order valence-electron chi connectivity index (χ3n) is 6.90. The highest BCUT2D eigenvalue weighted by molar-refractivity contribution is 6.25. The Morgan fingerprint density at radius 1 is 1.23 bits per heavy atom. The van der Waals surface area contributed by atoms with E-state index in [1.807, 2.05) is 0 Å². The van der Waals surface area contributed by atoms with Crippen LogP contribution in [0.15, 0.2) is 23.4 Å². The van der Waals surface area contributed by atoms with Crippen LogP contribution in [0.1, 0.15) is 19.3 Å². The molecule has 3 aliphatic carbocycles. The van der Waals surface area contributed by atoms with E-state index in [2.05, 4.69) is 5.32 Å². The Balaban J connectivity index is 2.00.